The molecular weight excluding hydrogens is 382 g/mol. The SMILES string of the molecule is COc1ccccc1CNC(=O)COC(=O)/C(C#N)=C/c1cc(C)n(C2CC2)c1C. The predicted octanol–water partition coefficient (Wildman–Crippen LogP) is 3.22. The monoisotopic (exact) mass is 407 g/mol. The number of hydrogen-bond acceptors (Lipinski definition) is 5. The van der Waals surface area contributed by atoms with Crippen LogP contribution in [-0.4, -0.2) is 30.2 Å². The summed E-state index contributed by atoms with van der Waals surface area (Å²) in [6, 6.07) is 11.7. The molecule has 7 heteroatoms. The number of para-hydroxylation sites is 1. The molecule has 0 spiro atoms. The van der Waals surface area contributed by atoms with E-state index < -0.39 is 18.5 Å². The van der Waals surface area contributed by atoms with Crippen LogP contribution in [0, 0.1) is 25.2 Å². The van der Waals surface area contributed by atoms with E-state index in [0.29, 0.717) is 11.8 Å². The number of rotatable bonds is 8. The van der Waals surface area contributed by atoms with E-state index in [4.69, 9.17) is 9.47 Å². The molecule has 1 amide bonds. The van der Waals surface area contributed by atoms with Gasteiger partial charge in [-0.2, -0.15) is 5.26 Å². The molecule has 156 valence electrons. The van der Waals surface area contributed by atoms with Crippen LogP contribution in [0.2, 0.25) is 0 Å². The Kier molecular flexibility index (Phi) is 6.58. The van der Waals surface area contributed by atoms with Gasteiger partial charge in [-0.05, 0) is 50.5 Å². The second-order valence-corrected chi connectivity index (χ2v) is 7.26. The largest absolute Gasteiger partial charge is 0.496 e. The molecule has 0 radical (unpaired) electrons. The predicted molar refractivity (Wildman–Crippen MR) is 112 cm³/mol. The van der Waals surface area contributed by atoms with E-state index in [2.05, 4.69) is 9.88 Å². The van der Waals surface area contributed by atoms with E-state index >= 15 is 0 Å². The van der Waals surface area contributed by atoms with Crippen LogP contribution < -0.4 is 10.1 Å². The van der Waals surface area contributed by atoms with Crippen molar-refractivity contribution in [3.63, 3.8) is 0 Å². The second kappa shape index (κ2) is 9.31. The minimum atomic E-state index is -0.818. The van der Waals surface area contributed by atoms with E-state index in [-0.39, 0.29) is 12.1 Å². The first kappa shape index (κ1) is 21.2. The van der Waals surface area contributed by atoms with Gasteiger partial charge >= 0.3 is 5.97 Å². The Labute approximate surface area is 175 Å². The van der Waals surface area contributed by atoms with E-state index in [1.54, 1.807) is 13.2 Å². The molecule has 0 saturated heterocycles. The first-order chi connectivity index (χ1) is 14.4. The summed E-state index contributed by atoms with van der Waals surface area (Å²) in [5, 5.41) is 12.1. The summed E-state index contributed by atoms with van der Waals surface area (Å²) in [6.45, 7) is 3.77. The molecule has 1 aliphatic carbocycles. The van der Waals surface area contributed by atoms with Gasteiger partial charge in [0.05, 0.1) is 7.11 Å². The molecule has 1 saturated carbocycles. The lowest BCUT2D eigenvalue weighted by molar-refractivity contribution is -0.144. The number of carbonyl (C=O) groups excluding carboxylic acids is 2. The van der Waals surface area contributed by atoms with Crippen molar-refractivity contribution in [1.29, 1.82) is 5.26 Å². The minimum Gasteiger partial charge on any atom is -0.496 e. The molecule has 0 bridgehead atoms. The van der Waals surface area contributed by atoms with Crippen LogP contribution in [0.1, 0.15) is 41.4 Å². The van der Waals surface area contributed by atoms with Crippen LogP contribution in [0.5, 0.6) is 5.75 Å². The Hall–Kier alpha value is -3.53. The quantitative estimate of drug-likeness (QED) is 0.412. The summed E-state index contributed by atoms with van der Waals surface area (Å²) in [7, 11) is 1.56. The molecule has 3 rings (SSSR count). The molecule has 1 aromatic carbocycles. The zero-order chi connectivity index (χ0) is 21.7. The van der Waals surface area contributed by atoms with Crippen molar-refractivity contribution in [2.45, 2.75) is 39.3 Å². The van der Waals surface area contributed by atoms with Crippen molar-refractivity contribution in [1.82, 2.24) is 9.88 Å². The highest BCUT2D eigenvalue weighted by Crippen LogP contribution is 2.38. The third-order valence-corrected chi connectivity index (χ3v) is 5.08. The number of nitrogens with one attached hydrogen (secondary N) is 1. The zero-order valence-corrected chi connectivity index (χ0v) is 17.4. The Morgan fingerprint density at radius 2 is 2.03 bits per heavy atom. The maximum atomic E-state index is 12.3. The molecule has 30 heavy (non-hydrogen) atoms. The highest BCUT2D eigenvalue weighted by Gasteiger charge is 2.27. The van der Waals surface area contributed by atoms with Crippen molar-refractivity contribution < 1.29 is 19.1 Å². The number of carbonyl (C=O) groups is 2. The molecule has 2 aromatic rings. The lowest BCUT2D eigenvalue weighted by Gasteiger charge is -2.09. The molecule has 0 atom stereocenters. The number of nitrogens with zero attached hydrogens (tertiary/aromatic N) is 2. The molecule has 1 N–H and O–H groups in total. The van der Waals surface area contributed by atoms with Crippen LogP contribution in [-0.2, 0) is 20.9 Å². The number of hydrogen-bond donors (Lipinski definition) is 1. The molecule has 0 aliphatic heterocycles. The molecule has 1 aliphatic rings. The topological polar surface area (TPSA) is 93.3 Å². The van der Waals surface area contributed by atoms with Crippen molar-refractivity contribution in [3.05, 3.63) is 58.4 Å². The summed E-state index contributed by atoms with van der Waals surface area (Å²) in [5.41, 5.74) is 3.60. The standard InChI is InChI=1S/C23H25N3O4/c1-15-10-18(16(2)26(15)20-8-9-20)11-19(12-24)23(28)30-14-22(27)25-13-17-6-4-5-7-21(17)29-3/h4-7,10-11,20H,8-9,13-14H2,1-3H3,(H,25,27)/b19-11+. The average molecular weight is 407 g/mol. The number of amides is 1. The molecule has 1 aromatic heterocycles. The van der Waals surface area contributed by atoms with Crippen LogP contribution in [0.4, 0.5) is 0 Å². The van der Waals surface area contributed by atoms with Crippen LogP contribution in [0.15, 0.2) is 35.9 Å². The lowest BCUT2D eigenvalue weighted by Crippen LogP contribution is -2.28. The van der Waals surface area contributed by atoms with Crippen molar-refractivity contribution in [2.75, 3.05) is 13.7 Å². The van der Waals surface area contributed by atoms with Gasteiger partial charge in [0, 0.05) is 29.5 Å². The molecule has 0 unspecified atom stereocenters. The van der Waals surface area contributed by atoms with Gasteiger partial charge in [0.2, 0.25) is 0 Å². The van der Waals surface area contributed by atoms with E-state index in [9.17, 15) is 14.9 Å². The van der Waals surface area contributed by atoms with E-state index in [1.807, 2.05) is 44.2 Å². The smallest absolute Gasteiger partial charge is 0.349 e. The summed E-state index contributed by atoms with van der Waals surface area (Å²) in [6.07, 6.45) is 3.82. The first-order valence-electron chi connectivity index (χ1n) is 9.80. The van der Waals surface area contributed by atoms with Crippen LogP contribution >= 0.6 is 0 Å². The molecule has 1 fully saturated rings. The van der Waals surface area contributed by atoms with Gasteiger partial charge in [-0.15, -0.1) is 0 Å². The maximum absolute atomic E-state index is 12.3. The summed E-state index contributed by atoms with van der Waals surface area (Å²) in [5.74, 6) is -0.618. The number of aryl methyl sites for hydroxylation is 1. The van der Waals surface area contributed by atoms with E-state index in [0.717, 1.165) is 35.4 Å². The number of ether oxygens (including phenoxy) is 2. The van der Waals surface area contributed by atoms with Gasteiger partial charge in [-0.1, -0.05) is 18.2 Å². The number of esters is 1. The summed E-state index contributed by atoms with van der Waals surface area (Å²) in [4.78, 5) is 24.3. The average Bonchev–Trinajstić information content (AvgIpc) is 3.54. The van der Waals surface area contributed by atoms with Crippen molar-refractivity contribution in [3.8, 4) is 11.8 Å². The Bertz CT molecular complexity index is 1030. The van der Waals surface area contributed by atoms with Crippen molar-refractivity contribution in [2.24, 2.45) is 0 Å². The number of benzene rings is 1. The van der Waals surface area contributed by atoms with Crippen LogP contribution in [0.25, 0.3) is 6.08 Å². The molecule has 7 nitrogen and oxygen atoms in total. The van der Waals surface area contributed by atoms with Gasteiger partial charge in [0.15, 0.2) is 6.61 Å². The second-order valence-electron chi connectivity index (χ2n) is 7.26. The summed E-state index contributed by atoms with van der Waals surface area (Å²) >= 11 is 0. The fourth-order valence-electron chi connectivity index (χ4n) is 3.44. The third-order valence-electron chi connectivity index (χ3n) is 5.08. The maximum Gasteiger partial charge on any atom is 0.349 e. The lowest BCUT2D eigenvalue weighted by atomic mass is 10.1. The molecular formula is C23H25N3O4. The van der Waals surface area contributed by atoms with Gasteiger partial charge in [-0.3, -0.25) is 4.79 Å². The van der Waals surface area contributed by atoms with Gasteiger partial charge in [-0.25, -0.2) is 4.79 Å². The van der Waals surface area contributed by atoms with Gasteiger partial charge < -0.3 is 19.4 Å². The van der Waals surface area contributed by atoms with Gasteiger partial charge in [0.1, 0.15) is 17.4 Å². The third kappa shape index (κ3) is 4.90. The fraction of sp³-hybridized carbons (Fsp3) is 0.348. The highest BCUT2D eigenvalue weighted by atomic mass is 16.5. The number of nitriles is 1. The Morgan fingerprint density at radius 1 is 1.30 bits per heavy atom. The number of aromatic nitrogens is 1. The first-order valence-corrected chi connectivity index (χ1v) is 9.80. The minimum absolute atomic E-state index is 0.136. The summed E-state index contributed by atoms with van der Waals surface area (Å²) < 4.78 is 12.5. The Morgan fingerprint density at radius 3 is 2.70 bits per heavy atom. The van der Waals surface area contributed by atoms with E-state index in [1.165, 1.54) is 6.08 Å². The number of methoxy groups -OCH3 is 1. The van der Waals surface area contributed by atoms with Crippen LogP contribution in [0.3, 0.4) is 0 Å². The Balaban J connectivity index is 1.58. The van der Waals surface area contributed by atoms with Gasteiger partial charge in [0.25, 0.3) is 5.91 Å². The highest BCUT2D eigenvalue weighted by molar-refractivity contribution is 5.99. The molecule has 1 heterocycles. The fourth-order valence-corrected chi connectivity index (χ4v) is 3.44. The normalized spacial score (nSPS) is 13.5. The van der Waals surface area contributed by atoms with Crippen molar-refractivity contribution >= 4 is 18.0 Å². The zero-order valence-electron chi connectivity index (χ0n) is 17.4.